The first kappa shape index (κ1) is 17.1. The standard InChI is InChI=1S/C19H24N2O2S/c1-14-5-7-16(8-6-14)19(22)20-15(2)18(17-4-3-13-24-17)21-9-11-23-12-10-21/h3-8,13,15,18H,9-12H2,1-2H3,(H,20,22)/t15-,18+/m1/s1. The molecular formula is C19H24N2O2S. The van der Waals surface area contributed by atoms with Crippen LogP contribution < -0.4 is 5.32 Å². The largest absolute Gasteiger partial charge is 0.379 e. The van der Waals surface area contributed by atoms with Gasteiger partial charge in [0.1, 0.15) is 0 Å². The number of carbonyl (C=O) groups excluding carboxylic acids is 1. The van der Waals surface area contributed by atoms with Crippen LogP contribution in [0.2, 0.25) is 0 Å². The maximum absolute atomic E-state index is 12.6. The molecule has 2 heterocycles. The maximum Gasteiger partial charge on any atom is 0.251 e. The molecule has 0 bridgehead atoms. The van der Waals surface area contributed by atoms with Gasteiger partial charge in [0.25, 0.3) is 5.91 Å². The number of nitrogens with one attached hydrogen (secondary N) is 1. The van der Waals surface area contributed by atoms with Crippen molar-refractivity contribution in [3.8, 4) is 0 Å². The second-order valence-corrected chi connectivity index (χ2v) is 7.22. The van der Waals surface area contributed by atoms with Crippen molar-refractivity contribution in [2.45, 2.75) is 25.9 Å². The molecule has 1 N–H and O–H groups in total. The molecule has 4 nitrogen and oxygen atoms in total. The molecule has 1 aromatic heterocycles. The predicted octanol–water partition coefficient (Wildman–Crippen LogP) is 3.25. The van der Waals surface area contributed by atoms with Gasteiger partial charge in [-0.05, 0) is 37.4 Å². The van der Waals surface area contributed by atoms with Crippen molar-refractivity contribution in [3.63, 3.8) is 0 Å². The summed E-state index contributed by atoms with van der Waals surface area (Å²) in [5, 5.41) is 5.28. The molecule has 2 aromatic rings. The van der Waals surface area contributed by atoms with Gasteiger partial charge in [-0.1, -0.05) is 23.8 Å². The van der Waals surface area contributed by atoms with E-state index in [9.17, 15) is 4.79 Å². The van der Waals surface area contributed by atoms with Crippen molar-refractivity contribution >= 4 is 17.2 Å². The number of benzene rings is 1. The number of nitrogens with zero attached hydrogens (tertiary/aromatic N) is 1. The molecule has 3 rings (SSSR count). The quantitative estimate of drug-likeness (QED) is 0.905. The van der Waals surface area contributed by atoms with Gasteiger partial charge in [-0.2, -0.15) is 0 Å². The van der Waals surface area contributed by atoms with Crippen LogP contribution in [0.25, 0.3) is 0 Å². The van der Waals surface area contributed by atoms with Crippen molar-refractivity contribution in [2.24, 2.45) is 0 Å². The molecule has 1 amide bonds. The van der Waals surface area contributed by atoms with E-state index in [-0.39, 0.29) is 18.0 Å². The molecule has 0 aliphatic carbocycles. The minimum absolute atomic E-state index is 0.0164. The van der Waals surface area contributed by atoms with Crippen LogP contribution in [0.15, 0.2) is 41.8 Å². The van der Waals surface area contributed by atoms with Gasteiger partial charge in [0.15, 0.2) is 0 Å². The van der Waals surface area contributed by atoms with E-state index in [1.165, 1.54) is 4.88 Å². The molecule has 1 fully saturated rings. The van der Waals surface area contributed by atoms with Crippen LogP contribution in [-0.2, 0) is 4.74 Å². The van der Waals surface area contributed by atoms with Crippen molar-refractivity contribution in [1.82, 2.24) is 10.2 Å². The van der Waals surface area contributed by atoms with Crippen molar-refractivity contribution in [2.75, 3.05) is 26.3 Å². The Labute approximate surface area is 147 Å². The van der Waals surface area contributed by atoms with E-state index < -0.39 is 0 Å². The molecule has 1 saturated heterocycles. The Morgan fingerprint density at radius 3 is 2.54 bits per heavy atom. The Bertz CT molecular complexity index is 649. The Kier molecular flexibility index (Phi) is 5.66. The zero-order valence-electron chi connectivity index (χ0n) is 14.2. The van der Waals surface area contributed by atoms with Gasteiger partial charge < -0.3 is 10.1 Å². The third-order valence-corrected chi connectivity index (χ3v) is 5.36. The summed E-state index contributed by atoms with van der Waals surface area (Å²) in [7, 11) is 0. The van der Waals surface area contributed by atoms with Crippen molar-refractivity contribution in [1.29, 1.82) is 0 Å². The number of thiophene rings is 1. The Morgan fingerprint density at radius 2 is 1.92 bits per heavy atom. The average molecular weight is 344 g/mol. The third-order valence-electron chi connectivity index (χ3n) is 4.42. The molecule has 0 unspecified atom stereocenters. The van der Waals surface area contributed by atoms with Crippen LogP contribution in [0.4, 0.5) is 0 Å². The zero-order valence-corrected chi connectivity index (χ0v) is 15.0. The van der Waals surface area contributed by atoms with Crippen LogP contribution >= 0.6 is 11.3 Å². The average Bonchev–Trinajstić information content (AvgIpc) is 3.10. The molecule has 1 aliphatic heterocycles. The van der Waals surface area contributed by atoms with Crippen LogP contribution in [0.5, 0.6) is 0 Å². The fourth-order valence-corrected chi connectivity index (χ4v) is 4.10. The smallest absolute Gasteiger partial charge is 0.251 e. The Hall–Kier alpha value is -1.69. The number of hydrogen-bond donors (Lipinski definition) is 1. The first-order valence-electron chi connectivity index (χ1n) is 8.38. The molecule has 5 heteroatoms. The topological polar surface area (TPSA) is 41.6 Å². The fraction of sp³-hybridized carbons (Fsp3) is 0.421. The summed E-state index contributed by atoms with van der Waals surface area (Å²) in [4.78, 5) is 16.3. The van der Waals surface area contributed by atoms with E-state index >= 15 is 0 Å². The lowest BCUT2D eigenvalue weighted by Gasteiger charge is -2.37. The van der Waals surface area contributed by atoms with Gasteiger partial charge >= 0.3 is 0 Å². The molecule has 2 atom stereocenters. The Morgan fingerprint density at radius 1 is 1.21 bits per heavy atom. The van der Waals surface area contributed by atoms with Gasteiger partial charge in [-0.3, -0.25) is 9.69 Å². The minimum atomic E-state index is -0.0164. The van der Waals surface area contributed by atoms with Gasteiger partial charge in [-0.25, -0.2) is 0 Å². The molecule has 0 spiro atoms. The van der Waals surface area contributed by atoms with Crippen LogP contribution in [-0.4, -0.2) is 43.2 Å². The number of rotatable bonds is 5. The highest BCUT2D eigenvalue weighted by Crippen LogP contribution is 2.29. The summed E-state index contributed by atoms with van der Waals surface area (Å²) in [6.07, 6.45) is 0. The second-order valence-electron chi connectivity index (χ2n) is 6.24. The third kappa shape index (κ3) is 4.04. The number of morpholine rings is 1. The summed E-state index contributed by atoms with van der Waals surface area (Å²) in [6.45, 7) is 7.41. The molecule has 0 saturated carbocycles. The van der Waals surface area contributed by atoms with Gasteiger partial charge in [0.05, 0.1) is 19.3 Å². The summed E-state index contributed by atoms with van der Waals surface area (Å²) >= 11 is 1.74. The van der Waals surface area contributed by atoms with E-state index in [0.29, 0.717) is 5.56 Å². The molecule has 1 aliphatic rings. The van der Waals surface area contributed by atoms with E-state index in [1.54, 1.807) is 11.3 Å². The highest BCUT2D eigenvalue weighted by atomic mass is 32.1. The van der Waals surface area contributed by atoms with Crippen molar-refractivity contribution in [3.05, 3.63) is 57.8 Å². The molecule has 1 aromatic carbocycles. The normalized spacial score (nSPS) is 18.1. The van der Waals surface area contributed by atoms with E-state index in [0.717, 1.165) is 31.9 Å². The van der Waals surface area contributed by atoms with E-state index in [1.807, 2.05) is 31.2 Å². The monoisotopic (exact) mass is 344 g/mol. The van der Waals surface area contributed by atoms with E-state index in [4.69, 9.17) is 4.74 Å². The number of carbonyl (C=O) groups is 1. The highest BCUT2D eigenvalue weighted by Gasteiger charge is 2.29. The summed E-state index contributed by atoms with van der Waals surface area (Å²) in [6, 6.07) is 12.1. The number of amides is 1. The number of aryl methyl sites for hydroxylation is 1. The zero-order chi connectivity index (χ0) is 16.9. The lowest BCUT2D eigenvalue weighted by Crippen LogP contribution is -2.48. The summed E-state index contributed by atoms with van der Waals surface area (Å²) in [5.41, 5.74) is 1.86. The van der Waals surface area contributed by atoms with Crippen LogP contribution in [0.1, 0.15) is 33.8 Å². The first-order valence-corrected chi connectivity index (χ1v) is 9.26. The lowest BCUT2D eigenvalue weighted by molar-refractivity contribution is 0.00969. The molecule has 24 heavy (non-hydrogen) atoms. The Balaban J connectivity index is 1.74. The van der Waals surface area contributed by atoms with Gasteiger partial charge in [0, 0.05) is 29.6 Å². The second kappa shape index (κ2) is 7.92. The minimum Gasteiger partial charge on any atom is -0.379 e. The summed E-state index contributed by atoms with van der Waals surface area (Å²) in [5.74, 6) is -0.0164. The molecular weight excluding hydrogens is 320 g/mol. The van der Waals surface area contributed by atoms with E-state index in [2.05, 4.69) is 34.7 Å². The summed E-state index contributed by atoms with van der Waals surface area (Å²) < 4.78 is 5.48. The van der Waals surface area contributed by atoms with Crippen LogP contribution in [0, 0.1) is 6.92 Å². The molecule has 0 radical (unpaired) electrons. The van der Waals surface area contributed by atoms with Crippen LogP contribution in [0.3, 0.4) is 0 Å². The van der Waals surface area contributed by atoms with Gasteiger partial charge in [0.2, 0.25) is 0 Å². The number of ether oxygens (including phenoxy) is 1. The first-order chi connectivity index (χ1) is 11.6. The highest BCUT2D eigenvalue weighted by molar-refractivity contribution is 7.10. The van der Waals surface area contributed by atoms with Crippen molar-refractivity contribution < 1.29 is 9.53 Å². The maximum atomic E-state index is 12.6. The lowest BCUT2D eigenvalue weighted by atomic mass is 10.0. The molecule has 128 valence electrons. The fourth-order valence-electron chi connectivity index (χ4n) is 3.13. The van der Waals surface area contributed by atoms with Gasteiger partial charge in [-0.15, -0.1) is 11.3 Å². The number of hydrogen-bond acceptors (Lipinski definition) is 4. The predicted molar refractivity (Wildman–Crippen MR) is 97.6 cm³/mol. The SMILES string of the molecule is Cc1ccc(C(=O)N[C@H](C)[C@@H](c2cccs2)N2CCOCC2)cc1.